The van der Waals surface area contributed by atoms with Gasteiger partial charge in [-0.15, -0.1) is 0 Å². The monoisotopic (exact) mass is 253 g/mol. The van der Waals surface area contributed by atoms with Crippen LogP contribution < -0.4 is 0 Å². The van der Waals surface area contributed by atoms with Crippen molar-refractivity contribution in [2.45, 2.75) is 19.9 Å². The second kappa shape index (κ2) is 6.19. The molecule has 1 amide bonds. The molecule has 0 saturated heterocycles. The Bertz CT molecular complexity index is 521. The molecule has 0 radical (unpaired) electrons. The van der Waals surface area contributed by atoms with Gasteiger partial charge in [0.25, 0.3) is 5.91 Å². The molecule has 0 saturated carbocycles. The van der Waals surface area contributed by atoms with Crippen molar-refractivity contribution in [1.82, 2.24) is 4.90 Å². The lowest BCUT2D eigenvalue weighted by atomic mass is 10.1. The zero-order chi connectivity index (χ0) is 13.7. The smallest absolute Gasteiger partial charge is 0.254 e. The topological polar surface area (TPSA) is 20.3 Å². The molecular formula is C17H19NO. The lowest BCUT2D eigenvalue weighted by molar-refractivity contribution is 0.0702. The van der Waals surface area contributed by atoms with E-state index < -0.39 is 0 Å². The zero-order valence-corrected chi connectivity index (χ0v) is 11.4. The maximum Gasteiger partial charge on any atom is 0.254 e. The first-order valence-electron chi connectivity index (χ1n) is 6.65. The highest BCUT2D eigenvalue weighted by Crippen LogP contribution is 2.21. The predicted octanol–water partition coefficient (Wildman–Crippen LogP) is 3.91. The number of carbonyl (C=O) groups excluding carboxylic acids is 1. The largest absolute Gasteiger partial charge is 0.332 e. The average Bonchev–Trinajstić information content (AvgIpc) is 2.49. The van der Waals surface area contributed by atoms with Crippen LogP contribution in [0.25, 0.3) is 0 Å². The first-order chi connectivity index (χ1) is 9.24. The van der Waals surface area contributed by atoms with Crippen LogP contribution >= 0.6 is 0 Å². The average molecular weight is 253 g/mol. The van der Waals surface area contributed by atoms with Gasteiger partial charge in [-0.05, 0) is 31.5 Å². The standard InChI is InChI=1S/C17H19NO/c1-3-18(14(2)15-10-6-4-7-11-15)17(19)16-12-8-5-9-13-16/h4-14H,3H2,1-2H3/t14-/m1/s1. The van der Waals surface area contributed by atoms with Crippen molar-refractivity contribution in [3.63, 3.8) is 0 Å². The summed E-state index contributed by atoms with van der Waals surface area (Å²) in [6.45, 7) is 4.78. The van der Waals surface area contributed by atoms with E-state index in [2.05, 4.69) is 19.1 Å². The lowest BCUT2D eigenvalue weighted by Gasteiger charge is -2.28. The van der Waals surface area contributed by atoms with Gasteiger partial charge < -0.3 is 4.90 Å². The third-order valence-electron chi connectivity index (χ3n) is 3.37. The van der Waals surface area contributed by atoms with Gasteiger partial charge in [0.2, 0.25) is 0 Å². The molecule has 0 aliphatic carbocycles. The van der Waals surface area contributed by atoms with E-state index in [-0.39, 0.29) is 11.9 Å². The summed E-state index contributed by atoms with van der Waals surface area (Å²) in [7, 11) is 0. The van der Waals surface area contributed by atoms with E-state index in [0.717, 1.165) is 11.1 Å². The maximum atomic E-state index is 12.5. The Balaban J connectivity index is 2.23. The fourth-order valence-corrected chi connectivity index (χ4v) is 2.25. The van der Waals surface area contributed by atoms with E-state index >= 15 is 0 Å². The number of hydrogen-bond donors (Lipinski definition) is 0. The van der Waals surface area contributed by atoms with Gasteiger partial charge >= 0.3 is 0 Å². The molecule has 2 rings (SSSR count). The van der Waals surface area contributed by atoms with E-state index in [1.54, 1.807) is 0 Å². The van der Waals surface area contributed by atoms with E-state index in [1.807, 2.05) is 60.4 Å². The van der Waals surface area contributed by atoms with Gasteiger partial charge in [-0.1, -0.05) is 48.5 Å². The molecule has 2 aromatic rings. The molecule has 0 unspecified atom stereocenters. The number of carbonyl (C=O) groups is 1. The number of hydrogen-bond acceptors (Lipinski definition) is 1. The van der Waals surface area contributed by atoms with E-state index in [0.29, 0.717) is 6.54 Å². The van der Waals surface area contributed by atoms with Crippen LogP contribution in [0.2, 0.25) is 0 Å². The molecule has 2 aromatic carbocycles. The molecular weight excluding hydrogens is 234 g/mol. The molecule has 1 atom stereocenters. The molecule has 19 heavy (non-hydrogen) atoms. The van der Waals surface area contributed by atoms with Crippen LogP contribution in [-0.2, 0) is 0 Å². The molecule has 98 valence electrons. The van der Waals surface area contributed by atoms with Crippen LogP contribution in [0.5, 0.6) is 0 Å². The second-order valence-corrected chi connectivity index (χ2v) is 4.54. The summed E-state index contributed by atoms with van der Waals surface area (Å²) in [6, 6.07) is 19.7. The molecule has 0 aliphatic rings. The zero-order valence-electron chi connectivity index (χ0n) is 11.4. The van der Waals surface area contributed by atoms with Crippen LogP contribution in [0.3, 0.4) is 0 Å². The van der Waals surface area contributed by atoms with Gasteiger partial charge in [-0.2, -0.15) is 0 Å². The van der Waals surface area contributed by atoms with Crippen molar-refractivity contribution in [3.8, 4) is 0 Å². The minimum atomic E-state index is 0.0823. The Morgan fingerprint density at radius 2 is 1.53 bits per heavy atom. The summed E-state index contributed by atoms with van der Waals surface area (Å²) < 4.78 is 0. The van der Waals surface area contributed by atoms with Crippen molar-refractivity contribution in [2.24, 2.45) is 0 Å². The lowest BCUT2D eigenvalue weighted by Crippen LogP contribution is -2.33. The molecule has 2 nitrogen and oxygen atoms in total. The summed E-state index contributed by atoms with van der Waals surface area (Å²) >= 11 is 0. The summed E-state index contributed by atoms with van der Waals surface area (Å²) in [4.78, 5) is 14.4. The van der Waals surface area contributed by atoms with Gasteiger partial charge in [0.05, 0.1) is 6.04 Å². The SMILES string of the molecule is CCN(C(=O)c1ccccc1)[C@H](C)c1ccccc1. The number of benzene rings is 2. The van der Waals surface area contributed by atoms with Gasteiger partial charge in [0, 0.05) is 12.1 Å². The molecule has 0 bridgehead atoms. The molecule has 0 spiro atoms. The summed E-state index contributed by atoms with van der Waals surface area (Å²) in [5, 5.41) is 0. The first-order valence-corrected chi connectivity index (χ1v) is 6.65. The molecule has 0 fully saturated rings. The summed E-state index contributed by atoms with van der Waals surface area (Å²) in [5.41, 5.74) is 1.90. The Morgan fingerprint density at radius 3 is 2.05 bits per heavy atom. The van der Waals surface area contributed by atoms with E-state index in [4.69, 9.17) is 0 Å². The Labute approximate surface area is 114 Å². The van der Waals surface area contributed by atoms with Crippen LogP contribution in [-0.4, -0.2) is 17.4 Å². The van der Waals surface area contributed by atoms with Crippen LogP contribution in [0.15, 0.2) is 60.7 Å². The van der Waals surface area contributed by atoms with Gasteiger partial charge in [-0.25, -0.2) is 0 Å². The highest BCUT2D eigenvalue weighted by atomic mass is 16.2. The Kier molecular flexibility index (Phi) is 4.35. The quantitative estimate of drug-likeness (QED) is 0.809. The van der Waals surface area contributed by atoms with Crippen molar-refractivity contribution < 1.29 is 4.79 Å². The maximum absolute atomic E-state index is 12.5. The normalized spacial score (nSPS) is 11.9. The fourth-order valence-electron chi connectivity index (χ4n) is 2.25. The Hall–Kier alpha value is -2.09. The molecule has 0 heterocycles. The minimum absolute atomic E-state index is 0.0823. The predicted molar refractivity (Wildman–Crippen MR) is 78.0 cm³/mol. The van der Waals surface area contributed by atoms with Crippen LogP contribution in [0.1, 0.15) is 35.8 Å². The van der Waals surface area contributed by atoms with E-state index in [9.17, 15) is 4.79 Å². The highest BCUT2D eigenvalue weighted by molar-refractivity contribution is 5.94. The van der Waals surface area contributed by atoms with Crippen molar-refractivity contribution in [3.05, 3.63) is 71.8 Å². The number of rotatable bonds is 4. The Morgan fingerprint density at radius 1 is 1.00 bits per heavy atom. The van der Waals surface area contributed by atoms with Crippen LogP contribution in [0, 0.1) is 0 Å². The first kappa shape index (κ1) is 13.3. The second-order valence-electron chi connectivity index (χ2n) is 4.54. The molecule has 0 aromatic heterocycles. The molecule has 0 aliphatic heterocycles. The number of amides is 1. The third kappa shape index (κ3) is 3.02. The minimum Gasteiger partial charge on any atom is -0.332 e. The van der Waals surface area contributed by atoms with Gasteiger partial charge in [-0.3, -0.25) is 4.79 Å². The molecule has 2 heteroatoms. The van der Waals surface area contributed by atoms with Gasteiger partial charge in [0.15, 0.2) is 0 Å². The van der Waals surface area contributed by atoms with Crippen molar-refractivity contribution >= 4 is 5.91 Å². The number of nitrogens with zero attached hydrogens (tertiary/aromatic N) is 1. The van der Waals surface area contributed by atoms with Crippen molar-refractivity contribution in [1.29, 1.82) is 0 Å². The van der Waals surface area contributed by atoms with Crippen LogP contribution in [0.4, 0.5) is 0 Å². The summed E-state index contributed by atoms with van der Waals surface area (Å²) in [5.74, 6) is 0.0828. The van der Waals surface area contributed by atoms with E-state index in [1.165, 1.54) is 0 Å². The van der Waals surface area contributed by atoms with Gasteiger partial charge in [0.1, 0.15) is 0 Å². The summed E-state index contributed by atoms with van der Waals surface area (Å²) in [6.07, 6.45) is 0. The molecule has 0 N–H and O–H groups in total. The fraction of sp³-hybridized carbons (Fsp3) is 0.235. The highest BCUT2D eigenvalue weighted by Gasteiger charge is 2.20. The third-order valence-corrected chi connectivity index (χ3v) is 3.37. The van der Waals surface area contributed by atoms with Crippen molar-refractivity contribution in [2.75, 3.05) is 6.54 Å².